The van der Waals surface area contributed by atoms with E-state index in [-0.39, 0.29) is 16.1 Å². The lowest BCUT2D eigenvalue weighted by Gasteiger charge is -2.13. The number of hydrogen-bond acceptors (Lipinski definition) is 5. The molecule has 166 valence electrons. The van der Waals surface area contributed by atoms with Gasteiger partial charge in [-0.1, -0.05) is 6.07 Å². The molecule has 0 atom stereocenters. The average molecular weight is 456 g/mol. The number of sulfonamides is 1. The highest BCUT2D eigenvalue weighted by molar-refractivity contribution is 7.92. The summed E-state index contributed by atoms with van der Waals surface area (Å²) in [4.78, 5) is 12.6. The van der Waals surface area contributed by atoms with Gasteiger partial charge in [-0.05, 0) is 61.0 Å². The molecular weight excluding hydrogens is 435 g/mol. The quantitative estimate of drug-likeness (QED) is 0.595. The highest BCUT2D eigenvalue weighted by atomic mass is 32.2. The van der Waals surface area contributed by atoms with Crippen LogP contribution in [0.1, 0.15) is 22.3 Å². The van der Waals surface area contributed by atoms with E-state index in [4.69, 9.17) is 9.47 Å². The first kappa shape index (κ1) is 21.6. The third-order valence-electron chi connectivity index (χ3n) is 4.84. The van der Waals surface area contributed by atoms with Gasteiger partial charge in [0, 0.05) is 29.4 Å². The SMILES string of the molecule is Cc1cc(F)ccc1NC(=O)c1cccc(NS(=O)(=O)c2ccc3c(c2)OCCCO3)c1. The Kier molecular flexibility index (Phi) is 6.00. The Morgan fingerprint density at radius 3 is 2.53 bits per heavy atom. The molecule has 0 bridgehead atoms. The van der Waals surface area contributed by atoms with Gasteiger partial charge in [0.05, 0.1) is 18.1 Å². The molecule has 0 spiro atoms. The molecule has 0 aliphatic carbocycles. The zero-order valence-corrected chi connectivity index (χ0v) is 18.0. The van der Waals surface area contributed by atoms with E-state index in [1.54, 1.807) is 31.2 Å². The second kappa shape index (κ2) is 8.88. The lowest BCUT2D eigenvalue weighted by atomic mass is 10.1. The molecule has 0 fully saturated rings. The van der Waals surface area contributed by atoms with Crippen LogP contribution in [0, 0.1) is 12.7 Å². The molecule has 1 heterocycles. The minimum atomic E-state index is -3.93. The predicted octanol–water partition coefficient (Wildman–Crippen LogP) is 4.35. The lowest BCUT2D eigenvalue weighted by molar-refractivity contribution is 0.102. The molecule has 4 rings (SSSR count). The Morgan fingerprint density at radius 2 is 1.75 bits per heavy atom. The molecule has 32 heavy (non-hydrogen) atoms. The number of halogens is 1. The molecule has 1 aliphatic heterocycles. The summed E-state index contributed by atoms with van der Waals surface area (Å²) in [6, 6.07) is 14.5. The van der Waals surface area contributed by atoms with Crippen molar-refractivity contribution >= 4 is 27.3 Å². The summed E-state index contributed by atoms with van der Waals surface area (Å²) in [6.07, 6.45) is 0.710. The molecule has 0 saturated carbocycles. The van der Waals surface area contributed by atoms with Crippen LogP contribution >= 0.6 is 0 Å². The standard InChI is InChI=1S/C23H21FN2O5S/c1-15-12-17(24)6-8-20(15)25-23(27)16-4-2-5-18(13-16)26-32(28,29)19-7-9-21-22(14-19)31-11-3-10-30-21/h2,4-9,12-14,26H,3,10-11H2,1H3,(H,25,27). The van der Waals surface area contributed by atoms with E-state index in [0.29, 0.717) is 42.4 Å². The summed E-state index contributed by atoms with van der Waals surface area (Å²) in [5, 5.41) is 2.70. The van der Waals surface area contributed by atoms with Crippen molar-refractivity contribution in [3.63, 3.8) is 0 Å². The topological polar surface area (TPSA) is 93.7 Å². The third kappa shape index (κ3) is 4.83. The van der Waals surface area contributed by atoms with Crippen molar-refractivity contribution in [3.05, 3.63) is 77.6 Å². The minimum absolute atomic E-state index is 0.0125. The highest BCUT2D eigenvalue weighted by Crippen LogP contribution is 2.32. The van der Waals surface area contributed by atoms with Crippen LogP contribution in [0.4, 0.5) is 15.8 Å². The fourth-order valence-electron chi connectivity index (χ4n) is 3.21. The summed E-state index contributed by atoms with van der Waals surface area (Å²) in [5.74, 6) is 0.0207. The summed E-state index contributed by atoms with van der Waals surface area (Å²) in [7, 11) is -3.93. The molecule has 0 aromatic heterocycles. The Hall–Kier alpha value is -3.59. The minimum Gasteiger partial charge on any atom is -0.490 e. The van der Waals surface area contributed by atoms with Crippen molar-refractivity contribution in [2.24, 2.45) is 0 Å². The van der Waals surface area contributed by atoms with Crippen LogP contribution in [-0.4, -0.2) is 27.5 Å². The van der Waals surface area contributed by atoms with Crippen LogP contribution in [0.2, 0.25) is 0 Å². The zero-order chi connectivity index (χ0) is 22.7. The van der Waals surface area contributed by atoms with E-state index < -0.39 is 21.7 Å². The van der Waals surface area contributed by atoms with E-state index >= 15 is 0 Å². The van der Waals surface area contributed by atoms with Crippen LogP contribution in [0.5, 0.6) is 11.5 Å². The van der Waals surface area contributed by atoms with Crippen LogP contribution < -0.4 is 19.5 Å². The summed E-state index contributed by atoms with van der Waals surface area (Å²) in [5.41, 5.74) is 1.51. The largest absolute Gasteiger partial charge is 0.490 e. The number of benzene rings is 3. The first-order chi connectivity index (χ1) is 15.3. The molecule has 1 amide bonds. The maximum Gasteiger partial charge on any atom is 0.262 e. The summed E-state index contributed by atoms with van der Waals surface area (Å²) < 4.78 is 52.6. The van der Waals surface area contributed by atoms with Gasteiger partial charge >= 0.3 is 0 Å². The number of rotatable bonds is 5. The fourth-order valence-corrected chi connectivity index (χ4v) is 4.28. The van der Waals surface area contributed by atoms with Crippen molar-refractivity contribution in [2.75, 3.05) is 23.3 Å². The van der Waals surface area contributed by atoms with Crippen LogP contribution in [0.15, 0.2) is 65.6 Å². The van der Waals surface area contributed by atoms with Crippen LogP contribution in [-0.2, 0) is 10.0 Å². The number of anilines is 2. The number of carbonyl (C=O) groups is 1. The number of fused-ring (bicyclic) bond motifs is 1. The average Bonchev–Trinajstić information content (AvgIpc) is 3.00. The summed E-state index contributed by atoms with van der Waals surface area (Å²) in [6.45, 7) is 2.62. The molecule has 0 saturated heterocycles. The van der Waals surface area contributed by atoms with Gasteiger partial charge in [0.15, 0.2) is 11.5 Å². The number of aryl methyl sites for hydroxylation is 1. The number of carbonyl (C=O) groups excluding carboxylic acids is 1. The molecule has 3 aromatic carbocycles. The molecule has 7 nitrogen and oxygen atoms in total. The van der Waals surface area contributed by atoms with Crippen molar-refractivity contribution in [3.8, 4) is 11.5 Å². The lowest BCUT2D eigenvalue weighted by Crippen LogP contribution is -2.15. The fraction of sp³-hybridized carbons (Fsp3) is 0.174. The van der Waals surface area contributed by atoms with E-state index in [0.717, 1.165) is 0 Å². The van der Waals surface area contributed by atoms with Gasteiger partial charge in [0.2, 0.25) is 0 Å². The molecule has 3 aromatic rings. The Balaban J connectivity index is 1.53. The highest BCUT2D eigenvalue weighted by Gasteiger charge is 2.19. The molecule has 1 aliphatic rings. The second-order valence-electron chi connectivity index (χ2n) is 7.26. The van der Waals surface area contributed by atoms with E-state index in [2.05, 4.69) is 10.0 Å². The maximum absolute atomic E-state index is 13.3. The van der Waals surface area contributed by atoms with Gasteiger partial charge in [-0.15, -0.1) is 0 Å². The smallest absolute Gasteiger partial charge is 0.262 e. The molecular formula is C23H21FN2O5S. The van der Waals surface area contributed by atoms with E-state index in [1.165, 1.54) is 36.4 Å². The third-order valence-corrected chi connectivity index (χ3v) is 6.22. The van der Waals surface area contributed by atoms with Gasteiger partial charge in [0.1, 0.15) is 5.82 Å². The number of ether oxygens (including phenoxy) is 2. The van der Waals surface area contributed by atoms with E-state index in [9.17, 15) is 17.6 Å². The first-order valence-corrected chi connectivity index (χ1v) is 11.4. The predicted molar refractivity (Wildman–Crippen MR) is 118 cm³/mol. The Labute approximate surface area is 185 Å². The normalized spacial score (nSPS) is 13.2. The van der Waals surface area contributed by atoms with Crippen LogP contribution in [0.25, 0.3) is 0 Å². The van der Waals surface area contributed by atoms with Crippen molar-refractivity contribution in [1.82, 2.24) is 0 Å². The van der Waals surface area contributed by atoms with Gasteiger partial charge in [-0.2, -0.15) is 0 Å². The Bertz CT molecular complexity index is 1280. The molecule has 0 radical (unpaired) electrons. The van der Waals surface area contributed by atoms with Gasteiger partial charge in [-0.25, -0.2) is 12.8 Å². The molecule has 2 N–H and O–H groups in total. The van der Waals surface area contributed by atoms with Crippen molar-refractivity contribution in [2.45, 2.75) is 18.2 Å². The van der Waals surface area contributed by atoms with Gasteiger partial charge < -0.3 is 14.8 Å². The second-order valence-corrected chi connectivity index (χ2v) is 8.94. The zero-order valence-electron chi connectivity index (χ0n) is 17.2. The molecule has 0 unspecified atom stereocenters. The van der Waals surface area contributed by atoms with Crippen molar-refractivity contribution in [1.29, 1.82) is 0 Å². The van der Waals surface area contributed by atoms with Crippen molar-refractivity contribution < 1.29 is 27.1 Å². The van der Waals surface area contributed by atoms with Gasteiger partial charge in [-0.3, -0.25) is 9.52 Å². The number of hydrogen-bond donors (Lipinski definition) is 2. The molecule has 9 heteroatoms. The number of nitrogens with one attached hydrogen (secondary N) is 2. The maximum atomic E-state index is 13.3. The summed E-state index contributed by atoms with van der Waals surface area (Å²) >= 11 is 0. The first-order valence-electron chi connectivity index (χ1n) is 9.92. The Morgan fingerprint density at radius 1 is 0.969 bits per heavy atom. The van der Waals surface area contributed by atoms with E-state index in [1.807, 2.05) is 0 Å². The number of amides is 1. The van der Waals surface area contributed by atoms with Crippen LogP contribution in [0.3, 0.4) is 0 Å². The van der Waals surface area contributed by atoms with Gasteiger partial charge in [0.25, 0.3) is 15.9 Å². The monoisotopic (exact) mass is 456 g/mol.